The Balaban J connectivity index is 3.55. The summed E-state index contributed by atoms with van der Waals surface area (Å²) in [5, 5.41) is 28.9. The molecule has 0 spiro atoms. The number of carboxylic acids is 1. The van der Waals surface area contributed by atoms with Crippen molar-refractivity contribution in [2.75, 3.05) is 0 Å². The first-order valence-corrected chi connectivity index (χ1v) is 5.28. The Labute approximate surface area is 108 Å². The van der Waals surface area contributed by atoms with Crippen LogP contribution in [0.25, 0.3) is 0 Å². The second-order valence-corrected chi connectivity index (χ2v) is 4.23. The molecule has 0 fully saturated rings. The molecule has 1 rings (SSSR count). The zero-order chi connectivity index (χ0) is 13.3. The zero-order valence-corrected chi connectivity index (χ0v) is 10.4. The number of nitro groups is 1. The molecule has 1 aromatic carbocycles. The molecular formula is C8H6BrClN2O5. The Hall–Kier alpha value is -1.38. The molecule has 0 amide bonds. The summed E-state index contributed by atoms with van der Waals surface area (Å²) in [6.07, 6.45) is 0. The van der Waals surface area contributed by atoms with Gasteiger partial charge in [-0.05, 0) is 22.0 Å². The normalized spacial score (nSPS) is 12.2. The minimum absolute atomic E-state index is 0.110. The molecule has 0 aliphatic rings. The highest BCUT2D eigenvalue weighted by Gasteiger charge is 2.29. The highest BCUT2D eigenvalue weighted by atomic mass is 79.9. The van der Waals surface area contributed by atoms with Crippen LogP contribution in [0.15, 0.2) is 10.5 Å². The predicted octanol–water partition coefficient (Wildman–Crippen LogP) is 1.80. The summed E-state index contributed by atoms with van der Waals surface area (Å²) in [6, 6.07) is -0.536. The van der Waals surface area contributed by atoms with E-state index in [1.54, 1.807) is 0 Å². The van der Waals surface area contributed by atoms with E-state index in [1.807, 2.05) is 0 Å². The van der Waals surface area contributed by atoms with Crippen LogP contribution in [-0.4, -0.2) is 21.1 Å². The van der Waals surface area contributed by atoms with Crippen LogP contribution in [-0.2, 0) is 4.79 Å². The van der Waals surface area contributed by atoms with Crippen molar-refractivity contribution in [1.29, 1.82) is 0 Å². The zero-order valence-electron chi connectivity index (χ0n) is 8.05. The van der Waals surface area contributed by atoms with E-state index in [9.17, 15) is 20.0 Å². The summed E-state index contributed by atoms with van der Waals surface area (Å²) in [5.41, 5.74) is 4.23. The van der Waals surface area contributed by atoms with Crippen LogP contribution in [0.4, 0.5) is 5.69 Å². The van der Waals surface area contributed by atoms with Crippen LogP contribution in [0.2, 0.25) is 5.02 Å². The summed E-state index contributed by atoms with van der Waals surface area (Å²) >= 11 is 8.50. The fraction of sp³-hybridized carbons (Fsp3) is 0.125. The van der Waals surface area contributed by atoms with Crippen molar-refractivity contribution >= 4 is 39.2 Å². The Morgan fingerprint density at radius 2 is 2.18 bits per heavy atom. The molecule has 0 bridgehead atoms. The van der Waals surface area contributed by atoms with E-state index >= 15 is 0 Å². The number of carboxylic acid groups (broad SMARTS) is 1. The lowest BCUT2D eigenvalue weighted by Crippen LogP contribution is -2.21. The SMILES string of the molecule is N[C@H](C(=O)O)c1cc(Cl)c(Br)c([N+](=O)[O-])c1O. The Bertz CT molecular complexity index is 507. The molecule has 0 saturated carbocycles. The van der Waals surface area contributed by atoms with Crippen molar-refractivity contribution in [3.63, 3.8) is 0 Å². The highest BCUT2D eigenvalue weighted by molar-refractivity contribution is 9.10. The maximum Gasteiger partial charge on any atom is 0.326 e. The van der Waals surface area contributed by atoms with Crippen molar-refractivity contribution in [3.05, 3.63) is 31.2 Å². The molecule has 0 aliphatic heterocycles. The van der Waals surface area contributed by atoms with Crippen LogP contribution < -0.4 is 5.73 Å². The number of phenols is 1. The fourth-order valence-electron chi connectivity index (χ4n) is 1.16. The van der Waals surface area contributed by atoms with Crippen LogP contribution >= 0.6 is 27.5 Å². The summed E-state index contributed by atoms with van der Waals surface area (Å²) < 4.78 is -0.136. The van der Waals surface area contributed by atoms with Crippen LogP contribution in [0, 0.1) is 10.1 Å². The number of carbonyl (C=O) groups is 1. The van der Waals surface area contributed by atoms with Crippen molar-refractivity contribution in [2.45, 2.75) is 6.04 Å². The first-order chi connectivity index (χ1) is 7.77. The van der Waals surface area contributed by atoms with Gasteiger partial charge in [0, 0.05) is 5.56 Å². The summed E-state index contributed by atoms with van der Waals surface area (Å²) in [6.45, 7) is 0. The highest BCUT2D eigenvalue weighted by Crippen LogP contribution is 2.43. The van der Waals surface area contributed by atoms with E-state index in [0.29, 0.717) is 0 Å². The lowest BCUT2D eigenvalue weighted by molar-refractivity contribution is -0.386. The van der Waals surface area contributed by atoms with Gasteiger partial charge in [-0.3, -0.25) is 14.9 Å². The third kappa shape index (κ3) is 2.48. The van der Waals surface area contributed by atoms with Gasteiger partial charge < -0.3 is 15.9 Å². The maximum absolute atomic E-state index is 10.7. The molecule has 0 aromatic heterocycles. The number of nitrogens with two attached hydrogens (primary N) is 1. The van der Waals surface area contributed by atoms with E-state index in [2.05, 4.69) is 15.9 Å². The number of halogens is 2. The Morgan fingerprint density at radius 3 is 2.59 bits per heavy atom. The van der Waals surface area contributed by atoms with Gasteiger partial charge in [0.2, 0.25) is 5.75 Å². The lowest BCUT2D eigenvalue weighted by atomic mass is 10.1. The van der Waals surface area contributed by atoms with Gasteiger partial charge in [0.15, 0.2) is 0 Å². The number of nitro benzene ring substituents is 1. The first kappa shape index (κ1) is 13.7. The number of phenolic OH excluding ortho intramolecular Hbond substituents is 1. The number of benzene rings is 1. The van der Waals surface area contributed by atoms with Gasteiger partial charge >= 0.3 is 11.7 Å². The standard InChI is InChI=1S/C8H6BrClN2O5/c9-4-3(10)1-2(5(11)8(14)15)7(13)6(4)12(16)17/h1,5,13H,11H2,(H,14,15)/t5-/m0/s1. The van der Waals surface area contributed by atoms with Crippen LogP contribution in [0.1, 0.15) is 11.6 Å². The average Bonchev–Trinajstić information content (AvgIpc) is 2.22. The molecule has 0 unspecified atom stereocenters. The number of hydrogen-bond acceptors (Lipinski definition) is 5. The number of aliphatic carboxylic acids is 1. The molecule has 0 aliphatic carbocycles. The molecule has 17 heavy (non-hydrogen) atoms. The third-order valence-electron chi connectivity index (χ3n) is 1.98. The van der Waals surface area contributed by atoms with E-state index < -0.39 is 28.4 Å². The fourth-order valence-corrected chi connectivity index (χ4v) is 1.81. The van der Waals surface area contributed by atoms with Gasteiger partial charge in [0.05, 0.1) is 9.95 Å². The molecule has 4 N–H and O–H groups in total. The molecule has 92 valence electrons. The monoisotopic (exact) mass is 324 g/mol. The molecule has 0 saturated heterocycles. The summed E-state index contributed by atoms with van der Waals surface area (Å²) in [5.74, 6) is -2.26. The second kappa shape index (κ2) is 4.86. The number of rotatable bonds is 3. The largest absolute Gasteiger partial charge is 0.502 e. The molecule has 9 heteroatoms. The maximum atomic E-state index is 10.7. The van der Waals surface area contributed by atoms with E-state index in [-0.39, 0.29) is 15.1 Å². The third-order valence-corrected chi connectivity index (χ3v) is 3.31. The predicted molar refractivity (Wildman–Crippen MR) is 62.0 cm³/mol. The Kier molecular flexibility index (Phi) is 3.91. The van der Waals surface area contributed by atoms with Gasteiger partial charge in [-0.15, -0.1) is 0 Å². The van der Waals surface area contributed by atoms with Crippen molar-refractivity contribution in [2.24, 2.45) is 5.73 Å². The minimum atomic E-state index is -1.60. The van der Waals surface area contributed by atoms with Crippen molar-refractivity contribution in [3.8, 4) is 5.75 Å². The summed E-state index contributed by atoms with van der Waals surface area (Å²) in [7, 11) is 0. The smallest absolute Gasteiger partial charge is 0.326 e. The lowest BCUT2D eigenvalue weighted by Gasteiger charge is -2.11. The molecule has 0 radical (unpaired) electrons. The molecule has 7 nitrogen and oxygen atoms in total. The quantitative estimate of drug-likeness (QED) is 0.574. The Morgan fingerprint density at radius 1 is 1.65 bits per heavy atom. The molecule has 0 heterocycles. The number of nitrogens with zero attached hydrogens (tertiary/aromatic N) is 1. The van der Waals surface area contributed by atoms with E-state index in [0.717, 1.165) is 6.07 Å². The molecule has 1 atom stereocenters. The van der Waals surface area contributed by atoms with Crippen LogP contribution in [0.5, 0.6) is 5.75 Å². The van der Waals surface area contributed by atoms with Gasteiger partial charge in [-0.2, -0.15) is 0 Å². The van der Waals surface area contributed by atoms with Gasteiger partial charge in [-0.25, -0.2) is 0 Å². The number of hydrogen-bond donors (Lipinski definition) is 3. The molecular weight excluding hydrogens is 319 g/mol. The topological polar surface area (TPSA) is 127 Å². The van der Waals surface area contributed by atoms with Gasteiger partial charge in [-0.1, -0.05) is 11.6 Å². The minimum Gasteiger partial charge on any atom is -0.502 e. The van der Waals surface area contributed by atoms with Crippen LogP contribution in [0.3, 0.4) is 0 Å². The summed E-state index contributed by atoms with van der Waals surface area (Å²) in [4.78, 5) is 20.5. The molecule has 1 aromatic rings. The van der Waals surface area contributed by atoms with Gasteiger partial charge in [0.25, 0.3) is 0 Å². The van der Waals surface area contributed by atoms with E-state index in [1.165, 1.54) is 0 Å². The van der Waals surface area contributed by atoms with Crippen molar-refractivity contribution in [1.82, 2.24) is 0 Å². The average molecular weight is 326 g/mol. The second-order valence-electron chi connectivity index (χ2n) is 3.03. The van der Waals surface area contributed by atoms with E-state index in [4.69, 9.17) is 22.4 Å². The number of aromatic hydroxyl groups is 1. The van der Waals surface area contributed by atoms with Crippen molar-refractivity contribution < 1.29 is 19.9 Å². The van der Waals surface area contributed by atoms with Gasteiger partial charge in [0.1, 0.15) is 10.5 Å². The first-order valence-electron chi connectivity index (χ1n) is 4.11.